The third-order valence-corrected chi connectivity index (χ3v) is 2.17. The Labute approximate surface area is 74.6 Å². The highest BCUT2D eigenvalue weighted by atomic mass is 32.1. The summed E-state index contributed by atoms with van der Waals surface area (Å²) in [7, 11) is 0. The lowest BCUT2D eigenvalue weighted by Gasteiger charge is -2.01. The molecule has 0 spiro atoms. The van der Waals surface area contributed by atoms with Gasteiger partial charge in [-0.2, -0.15) is 0 Å². The van der Waals surface area contributed by atoms with Crippen LogP contribution in [-0.4, -0.2) is 17.7 Å². The molecule has 12 heavy (non-hydrogen) atoms. The van der Waals surface area contributed by atoms with Crippen molar-refractivity contribution in [3.63, 3.8) is 0 Å². The van der Waals surface area contributed by atoms with Crippen LogP contribution in [-0.2, 0) is 0 Å². The smallest absolute Gasteiger partial charge is 0.349 e. The van der Waals surface area contributed by atoms with Crippen molar-refractivity contribution < 1.29 is 14.6 Å². The van der Waals surface area contributed by atoms with Crippen LogP contribution >= 0.6 is 11.3 Å². The van der Waals surface area contributed by atoms with Crippen molar-refractivity contribution >= 4 is 17.3 Å². The van der Waals surface area contributed by atoms with E-state index < -0.39 is 5.97 Å². The molecule has 1 N–H and O–H groups in total. The Morgan fingerprint density at radius 1 is 1.75 bits per heavy atom. The lowest BCUT2D eigenvalue weighted by Crippen LogP contribution is -1.99. The number of carboxylic acids is 1. The van der Waals surface area contributed by atoms with Gasteiger partial charge in [0, 0.05) is 0 Å². The average molecular weight is 186 g/mol. The molecule has 0 saturated heterocycles. The summed E-state index contributed by atoms with van der Waals surface area (Å²) in [5, 5.41) is 10.4. The topological polar surface area (TPSA) is 46.5 Å². The second-order valence-electron chi connectivity index (χ2n) is 2.27. The Morgan fingerprint density at radius 3 is 3.08 bits per heavy atom. The Morgan fingerprint density at radius 2 is 2.50 bits per heavy atom. The van der Waals surface area contributed by atoms with Crippen molar-refractivity contribution in [3.05, 3.63) is 16.3 Å². The molecular formula is C8H10O3S. The van der Waals surface area contributed by atoms with Crippen molar-refractivity contribution in [2.45, 2.75) is 13.3 Å². The van der Waals surface area contributed by atoms with Crippen molar-refractivity contribution in [1.82, 2.24) is 0 Å². The van der Waals surface area contributed by atoms with E-state index in [0.29, 0.717) is 12.4 Å². The van der Waals surface area contributed by atoms with Crippen LogP contribution in [0.4, 0.5) is 0 Å². The number of ether oxygens (including phenoxy) is 1. The fourth-order valence-electron chi connectivity index (χ4n) is 0.779. The summed E-state index contributed by atoms with van der Waals surface area (Å²) in [6.45, 7) is 2.55. The quantitative estimate of drug-likeness (QED) is 0.784. The van der Waals surface area contributed by atoms with Crippen molar-refractivity contribution in [3.8, 4) is 5.75 Å². The SMILES string of the molecule is CCCOc1ccsc1C(=O)O. The minimum absolute atomic E-state index is 0.281. The maximum atomic E-state index is 10.6. The van der Waals surface area contributed by atoms with Crippen LogP contribution in [0.5, 0.6) is 5.75 Å². The number of aromatic carboxylic acids is 1. The van der Waals surface area contributed by atoms with Crippen LogP contribution < -0.4 is 4.74 Å². The number of hydrogen-bond donors (Lipinski definition) is 1. The number of rotatable bonds is 4. The van der Waals surface area contributed by atoms with Gasteiger partial charge in [-0.1, -0.05) is 6.92 Å². The Bertz CT molecular complexity index is 267. The van der Waals surface area contributed by atoms with E-state index in [4.69, 9.17) is 9.84 Å². The summed E-state index contributed by atoms with van der Waals surface area (Å²) >= 11 is 1.18. The minimum Gasteiger partial charge on any atom is -0.492 e. The molecule has 1 aromatic heterocycles. The van der Waals surface area contributed by atoms with Crippen LogP contribution in [0, 0.1) is 0 Å². The van der Waals surface area contributed by atoms with Gasteiger partial charge in [-0.3, -0.25) is 0 Å². The van der Waals surface area contributed by atoms with Crippen LogP contribution in [0.2, 0.25) is 0 Å². The van der Waals surface area contributed by atoms with E-state index in [9.17, 15) is 4.79 Å². The molecule has 0 bridgehead atoms. The maximum absolute atomic E-state index is 10.6. The first-order valence-electron chi connectivity index (χ1n) is 3.69. The van der Waals surface area contributed by atoms with Crippen LogP contribution in [0.1, 0.15) is 23.0 Å². The maximum Gasteiger partial charge on any atom is 0.349 e. The van der Waals surface area contributed by atoms with E-state index in [1.165, 1.54) is 11.3 Å². The van der Waals surface area contributed by atoms with Gasteiger partial charge in [0.25, 0.3) is 0 Å². The summed E-state index contributed by atoms with van der Waals surface area (Å²) < 4.78 is 5.22. The molecule has 0 aromatic carbocycles. The molecule has 0 saturated carbocycles. The van der Waals surface area contributed by atoms with Gasteiger partial charge in [0.1, 0.15) is 5.75 Å². The van der Waals surface area contributed by atoms with Gasteiger partial charge in [-0.25, -0.2) is 4.79 Å². The van der Waals surface area contributed by atoms with Gasteiger partial charge in [-0.15, -0.1) is 11.3 Å². The van der Waals surface area contributed by atoms with Gasteiger partial charge >= 0.3 is 5.97 Å². The first-order valence-corrected chi connectivity index (χ1v) is 4.57. The molecule has 1 rings (SSSR count). The predicted molar refractivity (Wildman–Crippen MR) is 47.1 cm³/mol. The average Bonchev–Trinajstić information content (AvgIpc) is 2.48. The number of carboxylic acid groups (broad SMARTS) is 1. The second kappa shape index (κ2) is 4.11. The molecular weight excluding hydrogens is 176 g/mol. The van der Waals surface area contributed by atoms with E-state index in [2.05, 4.69) is 0 Å². The predicted octanol–water partition coefficient (Wildman–Crippen LogP) is 2.24. The van der Waals surface area contributed by atoms with Gasteiger partial charge < -0.3 is 9.84 Å². The molecule has 1 aromatic rings. The monoisotopic (exact) mass is 186 g/mol. The van der Waals surface area contributed by atoms with E-state index in [1.54, 1.807) is 11.4 Å². The van der Waals surface area contributed by atoms with Crippen molar-refractivity contribution in [2.24, 2.45) is 0 Å². The lowest BCUT2D eigenvalue weighted by molar-refractivity contribution is 0.0698. The highest BCUT2D eigenvalue weighted by Crippen LogP contribution is 2.24. The zero-order valence-corrected chi connectivity index (χ0v) is 7.56. The Balaban J connectivity index is 2.70. The largest absolute Gasteiger partial charge is 0.492 e. The van der Waals surface area contributed by atoms with Crippen LogP contribution in [0.15, 0.2) is 11.4 Å². The van der Waals surface area contributed by atoms with Crippen LogP contribution in [0.25, 0.3) is 0 Å². The third-order valence-electron chi connectivity index (χ3n) is 1.29. The molecule has 0 aliphatic carbocycles. The first kappa shape index (κ1) is 9.06. The summed E-state index contributed by atoms with van der Waals surface area (Å²) in [4.78, 5) is 10.9. The molecule has 4 heteroatoms. The molecule has 0 radical (unpaired) electrons. The van der Waals surface area contributed by atoms with Crippen LogP contribution in [0.3, 0.4) is 0 Å². The molecule has 66 valence electrons. The molecule has 0 amide bonds. The molecule has 0 aliphatic heterocycles. The summed E-state index contributed by atoms with van der Waals surface area (Å²) in [5.41, 5.74) is 0. The fourth-order valence-corrected chi connectivity index (χ4v) is 1.45. The van der Waals surface area contributed by atoms with E-state index in [1.807, 2.05) is 6.92 Å². The minimum atomic E-state index is -0.920. The highest BCUT2D eigenvalue weighted by molar-refractivity contribution is 7.12. The summed E-state index contributed by atoms with van der Waals surface area (Å²) in [5.74, 6) is -0.439. The Kier molecular flexibility index (Phi) is 3.10. The number of thiophene rings is 1. The Hall–Kier alpha value is -1.03. The van der Waals surface area contributed by atoms with Gasteiger partial charge in [-0.05, 0) is 17.9 Å². The molecule has 0 fully saturated rings. The van der Waals surface area contributed by atoms with E-state index >= 15 is 0 Å². The number of hydrogen-bond acceptors (Lipinski definition) is 3. The van der Waals surface area contributed by atoms with Crippen molar-refractivity contribution in [2.75, 3.05) is 6.61 Å². The molecule has 0 atom stereocenters. The molecule has 0 unspecified atom stereocenters. The second-order valence-corrected chi connectivity index (χ2v) is 3.18. The van der Waals surface area contributed by atoms with Gasteiger partial charge in [0.2, 0.25) is 0 Å². The first-order chi connectivity index (χ1) is 5.75. The molecule has 1 heterocycles. The van der Waals surface area contributed by atoms with Crippen molar-refractivity contribution in [1.29, 1.82) is 0 Å². The fraction of sp³-hybridized carbons (Fsp3) is 0.375. The zero-order chi connectivity index (χ0) is 8.97. The van der Waals surface area contributed by atoms with Gasteiger partial charge in [0.05, 0.1) is 6.61 Å². The lowest BCUT2D eigenvalue weighted by atomic mass is 10.4. The van der Waals surface area contributed by atoms with E-state index in [0.717, 1.165) is 6.42 Å². The standard InChI is InChI=1S/C8H10O3S/c1-2-4-11-6-3-5-12-7(6)8(9)10/h3,5H,2,4H2,1H3,(H,9,10). The third kappa shape index (κ3) is 1.98. The summed E-state index contributed by atoms with van der Waals surface area (Å²) in [6, 6.07) is 1.68. The molecule has 0 aliphatic rings. The summed E-state index contributed by atoms with van der Waals surface area (Å²) in [6.07, 6.45) is 0.884. The highest BCUT2D eigenvalue weighted by Gasteiger charge is 2.11. The normalized spacial score (nSPS) is 9.75. The van der Waals surface area contributed by atoms with E-state index in [-0.39, 0.29) is 4.88 Å². The number of carbonyl (C=O) groups is 1. The molecule has 3 nitrogen and oxygen atoms in total. The zero-order valence-electron chi connectivity index (χ0n) is 6.74. The van der Waals surface area contributed by atoms with Gasteiger partial charge in [0.15, 0.2) is 4.88 Å².